The first-order chi connectivity index (χ1) is 16.6. The molecule has 8 heteroatoms. The number of hydrogen-bond acceptors (Lipinski definition) is 5. The number of hydrogen-bond donors (Lipinski definition) is 1. The van der Waals surface area contributed by atoms with Crippen LogP contribution in [0.1, 0.15) is 45.6 Å². The van der Waals surface area contributed by atoms with E-state index in [2.05, 4.69) is 30.5 Å². The Labute approximate surface area is 207 Å². The molecular formula is C27H33N3O4S. The number of ether oxygens (including phenoxy) is 1. The van der Waals surface area contributed by atoms with Gasteiger partial charge in [-0.1, -0.05) is 51.1 Å². The number of fused-ring (bicyclic) bond motifs is 1. The molecule has 0 atom stereocenters. The largest absolute Gasteiger partial charge is 0.488 e. The van der Waals surface area contributed by atoms with Crippen molar-refractivity contribution < 1.29 is 17.9 Å². The molecule has 4 rings (SSSR count). The standard InChI is InChI=1S/C27H33N3O4S/c1-27(2,3)21-9-11-23(12-10-21)35(32,33)29-17-13-25(31)30-18-14-22(15-19-30)34-24-8-4-6-20-7-5-16-28-26(20)24/h4-12,16,22,29H,13-15,17-19H2,1-3H3. The highest BCUT2D eigenvalue weighted by Gasteiger charge is 2.25. The fraction of sp³-hybridized carbons (Fsp3) is 0.407. The van der Waals surface area contributed by atoms with Crippen LogP contribution in [0.3, 0.4) is 0 Å². The quantitative estimate of drug-likeness (QED) is 0.529. The summed E-state index contributed by atoms with van der Waals surface area (Å²) in [6.45, 7) is 7.48. The first-order valence-corrected chi connectivity index (χ1v) is 13.5. The van der Waals surface area contributed by atoms with Crippen LogP contribution >= 0.6 is 0 Å². The maximum Gasteiger partial charge on any atom is 0.240 e. The van der Waals surface area contributed by atoms with Gasteiger partial charge in [-0.05, 0) is 35.2 Å². The Hall–Kier alpha value is -2.97. The maximum absolute atomic E-state index is 12.7. The molecule has 7 nitrogen and oxygen atoms in total. The van der Waals surface area contributed by atoms with Gasteiger partial charge in [0, 0.05) is 50.5 Å². The third-order valence-electron chi connectivity index (χ3n) is 6.35. The monoisotopic (exact) mass is 495 g/mol. The zero-order valence-corrected chi connectivity index (χ0v) is 21.3. The van der Waals surface area contributed by atoms with Gasteiger partial charge < -0.3 is 9.64 Å². The van der Waals surface area contributed by atoms with Gasteiger partial charge in [-0.15, -0.1) is 0 Å². The predicted molar refractivity (Wildman–Crippen MR) is 137 cm³/mol. The summed E-state index contributed by atoms with van der Waals surface area (Å²) in [7, 11) is -3.66. The van der Waals surface area contributed by atoms with E-state index in [1.54, 1.807) is 23.2 Å². The molecule has 0 spiro atoms. The number of nitrogens with one attached hydrogen (secondary N) is 1. The van der Waals surface area contributed by atoms with E-state index in [1.165, 1.54) is 0 Å². The number of piperidine rings is 1. The van der Waals surface area contributed by atoms with Gasteiger partial charge in [0.05, 0.1) is 4.90 Å². The normalized spacial score (nSPS) is 15.3. The van der Waals surface area contributed by atoms with Crippen LogP contribution in [-0.4, -0.2) is 49.9 Å². The van der Waals surface area contributed by atoms with Crippen LogP contribution in [0.15, 0.2) is 65.7 Å². The number of amides is 1. The van der Waals surface area contributed by atoms with Crippen LogP contribution in [0.5, 0.6) is 5.75 Å². The molecule has 1 saturated heterocycles. The number of sulfonamides is 1. The van der Waals surface area contributed by atoms with Gasteiger partial charge in [-0.3, -0.25) is 9.78 Å². The smallest absolute Gasteiger partial charge is 0.240 e. The molecule has 35 heavy (non-hydrogen) atoms. The number of carbonyl (C=O) groups is 1. The maximum atomic E-state index is 12.7. The molecular weight excluding hydrogens is 462 g/mol. The fourth-order valence-electron chi connectivity index (χ4n) is 4.24. The molecule has 0 unspecified atom stereocenters. The molecule has 2 heterocycles. The number of pyridine rings is 1. The summed E-state index contributed by atoms with van der Waals surface area (Å²) in [6, 6.07) is 16.7. The van der Waals surface area contributed by atoms with E-state index >= 15 is 0 Å². The Morgan fingerprint density at radius 1 is 1.06 bits per heavy atom. The molecule has 0 bridgehead atoms. The molecule has 0 radical (unpaired) electrons. The van der Waals surface area contributed by atoms with Crippen molar-refractivity contribution in [1.29, 1.82) is 0 Å². The highest BCUT2D eigenvalue weighted by molar-refractivity contribution is 7.89. The number of benzene rings is 2. The number of rotatable bonds is 7. The number of aromatic nitrogens is 1. The van der Waals surface area contributed by atoms with Gasteiger partial charge in [0.25, 0.3) is 0 Å². The minimum atomic E-state index is -3.66. The molecule has 1 aliphatic rings. The van der Waals surface area contributed by atoms with Crippen molar-refractivity contribution in [3.8, 4) is 5.75 Å². The van der Waals surface area contributed by atoms with E-state index in [0.717, 1.165) is 35.1 Å². The Kier molecular flexibility index (Phi) is 7.42. The summed E-state index contributed by atoms with van der Waals surface area (Å²) in [5.41, 5.74) is 1.86. The molecule has 0 aliphatic carbocycles. The second kappa shape index (κ2) is 10.3. The second-order valence-corrected chi connectivity index (χ2v) is 11.7. The Morgan fingerprint density at radius 2 is 1.74 bits per heavy atom. The number of likely N-dealkylation sites (tertiary alicyclic amines) is 1. The van der Waals surface area contributed by atoms with E-state index in [0.29, 0.717) is 13.1 Å². The molecule has 0 saturated carbocycles. The summed E-state index contributed by atoms with van der Waals surface area (Å²) in [5, 5.41) is 1.03. The fourth-order valence-corrected chi connectivity index (χ4v) is 5.27. The van der Waals surface area contributed by atoms with Crippen molar-refractivity contribution in [3.05, 3.63) is 66.4 Å². The van der Waals surface area contributed by atoms with Crippen LogP contribution < -0.4 is 9.46 Å². The van der Waals surface area contributed by atoms with E-state index in [9.17, 15) is 13.2 Å². The molecule has 2 aromatic carbocycles. The Balaban J connectivity index is 1.25. The summed E-state index contributed by atoms with van der Waals surface area (Å²) in [5.74, 6) is 0.707. The number of para-hydroxylation sites is 1. The van der Waals surface area contributed by atoms with Crippen molar-refractivity contribution in [3.63, 3.8) is 0 Å². The lowest BCUT2D eigenvalue weighted by Crippen LogP contribution is -2.42. The van der Waals surface area contributed by atoms with Crippen LogP contribution in [0.25, 0.3) is 10.9 Å². The highest BCUT2D eigenvalue weighted by atomic mass is 32.2. The van der Waals surface area contributed by atoms with Crippen molar-refractivity contribution in [1.82, 2.24) is 14.6 Å². The average molecular weight is 496 g/mol. The van der Waals surface area contributed by atoms with Gasteiger partial charge in [-0.2, -0.15) is 0 Å². The summed E-state index contributed by atoms with van der Waals surface area (Å²) in [6.07, 6.45) is 3.34. The van der Waals surface area contributed by atoms with E-state index in [-0.39, 0.29) is 35.3 Å². The van der Waals surface area contributed by atoms with E-state index in [4.69, 9.17) is 4.74 Å². The van der Waals surface area contributed by atoms with Gasteiger partial charge in [0.15, 0.2) is 0 Å². The Morgan fingerprint density at radius 3 is 2.43 bits per heavy atom. The SMILES string of the molecule is CC(C)(C)c1ccc(S(=O)(=O)NCCC(=O)N2CCC(Oc3cccc4cccnc34)CC2)cc1. The third kappa shape index (κ3) is 6.18. The average Bonchev–Trinajstić information content (AvgIpc) is 2.84. The van der Waals surface area contributed by atoms with Crippen LogP contribution in [0.4, 0.5) is 0 Å². The second-order valence-electron chi connectivity index (χ2n) is 9.95. The van der Waals surface area contributed by atoms with Crippen molar-refractivity contribution in [2.45, 2.75) is 56.4 Å². The van der Waals surface area contributed by atoms with Crippen LogP contribution in [-0.2, 0) is 20.2 Å². The first-order valence-electron chi connectivity index (χ1n) is 12.0. The lowest BCUT2D eigenvalue weighted by Gasteiger charge is -2.32. The zero-order chi connectivity index (χ0) is 25.1. The number of nitrogens with zero attached hydrogens (tertiary/aromatic N) is 2. The van der Waals surface area contributed by atoms with Crippen molar-refractivity contribution in [2.24, 2.45) is 0 Å². The third-order valence-corrected chi connectivity index (χ3v) is 7.82. The molecule has 1 N–H and O–H groups in total. The Bertz CT molecular complexity index is 1270. The molecule has 3 aromatic rings. The zero-order valence-electron chi connectivity index (χ0n) is 20.5. The summed E-state index contributed by atoms with van der Waals surface area (Å²) >= 11 is 0. The van der Waals surface area contributed by atoms with Crippen molar-refractivity contribution in [2.75, 3.05) is 19.6 Å². The first kappa shape index (κ1) is 25.1. The predicted octanol–water partition coefficient (Wildman–Crippen LogP) is 4.27. The highest BCUT2D eigenvalue weighted by Crippen LogP contribution is 2.27. The van der Waals surface area contributed by atoms with E-state index in [1.807, 2.05) is 42.5 Å². The van der Waals surface area contributed by atoms with Gasteiger partial charge in [-0.25, -0.2) is 13.1 Å². The van der Waals surface area contributed by atoms with Crippen LogP contribution in [0.2, 0.25) is 0 Å². The lowest BCUT2D eigenvalue weighted by molar-refractivity contribution is -0.132. The molecule has 1 fully saturated rings. The molecule has 1 aromatic heterocycles. The topological polar surface area (TPSA) is 88.6 Å². The van der Waals surface area contributed by atoms with Gasteiger partial charge in [0.1, 0.15) is 17.4 Å². The summed E-state index contributed by atoms with van der Waals surface area (Å²) < 4.78 is 34.0. The molecule has 1 amide bonds. The van der Waals surface area contributed by atoms with Gasteiger partial charge in [0.2, 0.25) is 15.9 Å². The minimum Gasteiger partial charge on any atom is -0.488 e. The van der Waals surface area contributed by atoms with Gasteiger partial charge >= 0.3 is 0 Å². The minimum absolute atomic E-state index is 0.0150. The molecule has 1 aliphatic heterocycles. The van der Waals surface area contributed by atoms with Crippen LogP contribution in [0, 0.1) is 0 Å². The molecule has 186 valence electrons. The van der Waals surface area contributed by atoms with Crippen molar-refractivity contribution >= 4 is 26.8 Å². The number of carbonyl (C=O) groups excluding carboxylic acids is 1. The lowest BCUT2D eigenvalue weighted by atomic mass is 9.87. The van der Waals surface area contributed by atoms with E-state index < -0.39 is 10.0 Å². The summed E-state index contributed by atoms with van der Waals surface area (Å²) in [4.78, 5) is 19.1.